The number of aromatic nitrogens is 1. The lowest BCUT2D eigenvalue weighted by atomic mass is 10.0. The molecule has 6 heteroatoms. The number of hydrogen-bond acceptors (Lipinski definition) is 4. The third-order valence-electron chi connectivity index (χ3n) is 6.17. The number of rotatable bonds is 10. The maximum atomic E-state index is 13.5. The Labute approximate surface area is 205 Å². The number of para-hydroxylation sites is 1. The van der Waals surface area contributed by atoms with E-state index < -0.39 is 0 Å². The largest absolute Gasteiger partial charge is 0.457 e. The van der Waals surface area contributed by atoms with Crippen LogP contribution in [0.3, 0.4) is 0 Å². The zero-order valence-corrected chi connectivity index (χ0v) is 20.4. The lowest BCUT2D eigenvalue weighted by Crippen LogP contribution is -2.31. The minimum absolute atomic E-state index is 0.0483. The highest BCUT2D eigenvalue weighted by Crippen LogP contribution is 2.26. The number of hydrogen-bond donors (Lipinski definition) is 1. The van der Waals surface area contributed by atoms with Crippen LogP contribution < -0.4 is 15.6 Å². The van der Waals surface area contributed by atoms with E-state index in [4.69, 9.17) is 9.47 Å². The van der Waals surface area contributed by atoms with Gasteiger partial charge in [-0.3, -0.25) is 4.79 Å². The zero-order chi connectivity index (χ0) is 24.8. The molecule has 0 fully saturated rings. The van der Waals surface area contributed by atoms with Crippen molar-refractivity contribution in [2.45, 2.75) is 45.5 Å². The van der Waals surface area contributed by atoms with Crippen molar-refractivity contribution in [2.24, 2.45) is 0 Å². The first-order chi connectivity index (χ1) is 16.8. The van der Waals surface area contributed by atoms with Gasteiger partial charge in [0, 0.05) is 38.4 Å². The number of fused-ring (bicyclic) bond motifs is 1. The summed E-state index contributed by atoms with van der Waals surface area (Å²) < 4.78 is 26.6. The van der Waals surface area contributed by atoms with E-state index in [2.05, 4.69) is 5.32 Å². The lowest BCUT2D eigenvalue weighted by Gasteiger charge is -2.24. The molecular weight excluding hydrogens is 443 g/mol. The summed E-state index contributed by atoms with van der Waals surface area (Å²) in [5.41, 5.74) is 2.04. The molecule has 0 saturated carbocycles. The van der Waals surface area contributed by atoms with Crippen LogP contribution in [-0.2, 0) is 24.4 Å². The van der Waals surface area contributed by atoms with Crippen LogP contribution in [-0.4, -0.2) is 17.3 Å². The van der Waals surface area contributed by atoms with Gasteiger partial charge in [0.05, 0.1) is 11.1 Å². The van der Waals surface area contributed by atoms with E-state index in [9.17, 15) is 9.18 Å². The summed E-state index contributed by atoms with van der Waals surface area (Å²) in [5, 5.41) is 4.27. The maximum absolute atomic E-state index is 13.5. The summed E-state index contributed by atoms with van der Waals surface area (Å²) in [5.74, 6) is 1.15. The first kappa shape index (κ1) is 24.6. The summed E-state index contributed by atoms with van der Waals surface area (Å²) in [6, 6.07) is 23.7. The molecule has 0 atom stereocenters. The Balaban J connectivity index is 1.64. The first-order valence-electron chi connectivity index (χ1n) is 11.7. The van der Waals surface area contributed by atoms with Crippen molar-refractivity contribution in [3.05, 3.63) is 106 Å². The molecule has 0 unspecified atom stereocenters. The predicted octanol–water partition coefficient (Wildman–Crippen LogP) is 6.04. The Kier molecular flexibility index (Phi) is 7.63. The second-order valence-corrected chi connectivity index (χ2v) is 9.21. The molecule has 5 nitrogen and oxygen atoms in total. The van der Waals surface area contributed by atoms with Crippen LogP contribution in [0, 0.1) is 5.82 Å². The van der Waals surface area contributed by atoms with Gasteiger partial charge in [-0.15, -0.1) is 0 Å². The van der Waals surface area contributed by atoms with Gasteiger partial charge in [0.1, 0.15) is 17.3 Å². The second kappa shape index (κ2) is 10.8. The highest BCUT2D eigenvalue weighted by atomic mass is 19.1. The standard InChI is InChI=1S/C29H31FN2O3/c1-29(2,34-3)15-16-32-27-18-26(35-25-7-5-4-6-8-25)14-11-22(27)17-23(28(32)33)20-31-19-21-9-12-24(30)13-10-21/h4-14,17-18,31H,15-16,19-20H2,1-3H3. The fourth-order valence-electron chi connectivity index (χ4n) is 3.88. The number of nitrogens with zero attached hydrogens (tertiary/aromatic N) is 1. The van der Waals surface area contributed by atoms with E-state index in [0.717, 1.165) is 22.2 Å². The van der Waals surface area contributed by atoms with Gasteiger partial charge in [-0.2, -0.15) is 0 Å². The molecule has 182 valence electrons. The van der Waals surface area contributed by atoms with Crippen LogP contribution in [0.5, 0.6) is 11.5 Å². The van der Waals surface area contributed by atoms with E-state index in [0.29, 0.717) is 37.4 Å². The number of benzene rings is 3. The molecule has 0 spiro atoms. The molecule has 0 aliphatic carbocycles. The van der Waals surface area contributed by atoms with Crippen molar-refractivity contribution >= 4 is 10.9 Å². The van der Waals surface area contributed by atoms with Crippen molar-refractivity contribution in [3.63, 3.8) is 0 Å². The van der Waals surface area contributed by atoms with Gasteiger partial charge in [0.25, 0.3) is 5.56 Å². The molecular formula is C29H31FN2O3. The van der Waals surface area contributed by atoms with Gasteiger partial charge >= 0.3 is 0 Å². The van der Waals surface area contributed by atoms with E-state index >= 15 is 0 Å². The molecule has 0 amide bonds. The second-order valence-electron chi connectivity index (χ2n) is 9.21. The van der Waals surface area contributed by atoms with E-state index in [1.54, 1.807) is 19.2 Å². The monoisotopic (exact) mass is 474 g/mol. The molecule has 1 heterocycles. The predicted molar refractivity (Wildman–Crippen MR) is 137 cm³/mol. The average molecular weight is 475 g/mol. The van der Waals surface area contributed by atoms with Crippen molar-refractivity contribution in [1.29, 1.82) is 0 Å². The summed E-state index contributed by atoms with van der Waals surface area (Å²) >= 11 is 0. The van der Waals surface area contributed by atoms with Gasteiger partial charge in [-0.25, -0.2) is 4.39 Å². The Bertz CT molecular complexity index is 1330. The molecule has 1 N–H and O–H groups in total. The van der Waals surface area contributed by atoms with Crippen LogP contribution in [0.25, 0.3) is 10.9 Å². The fraction of sp³-hybridized carbons (Fsp3) is 0.276. The van der Waals surface area contributed by atoms with Crippen LogP contribution in [0.4, 0.5) is 4.39 Å². The smallest absolute Gasteiger partial charge is 0.255 e. The number of pyridine rings is 1. The van der Waals surface area contributed by atoms with Crippen LogP contribution in [0.15, 0.2) is 83.7 Å². The number of halogens is 1. The lowest BCUT2D eigenvalue weighted by molar-refractivity contribution is 0.0121. The molecule has 3 aromatic carbocycles. The Morgan fingerprint density at radius 3 is 2.37 bits per heavy atom. The minimum Gasteiger partial charge on any atom is -0.457 e. The molecule has 35 heavy (non-hydrogen) atoms. The quantitative estimate of drug-likeness (QED) is 0.305. The van der Waals surface area contributed by atoms with Gasteiger partial charge in [-0.05, 0) is 73.7 Å². The van der Waals surface area contributed by atoms with Crippen molar-refractivity contribution in [3.8, 4) is 11.5 Å². The Morgan fingerprint density at radius 1 is 0.914 bits per heavy atom. The van der Waals surface area contributed by atoms with Gasteiger partial charge in [-0.1, -0.05) is 30.3 Å². The molecule has 4 aromatic rings. The van der Waals surface area contributed by atoms with Gasteiger partial charge < -0.3 is 19.4 Å². The Morgan fingerprint density at radius 2 is 1.66 bits per heavy atom. The number of ether oxygens (including phenoxy) is 2. The number of aryl methyl sites for hydroxylation is 1. The third kappa shape index (κ3) is 6.35. The Hall–Kier alpha value is -3.48. The van der Waals surface area contributed by atoms with Gasteiger partial charge in [0.15, 0.2) is 0 Å². The zero-order valence-electron chi connectivity index (χ0n) is 20.4. The maximum Gasteiger partial charge on any atom is 0.255 e. The van der Waals surface area contributed by atoms with Crippen molar-refractivity contribution in [1.82, 2.24) is 9.88 Å². The molecule has 0 aliphatic rings. The highest BCUT2D eigenvalue weighted by molar-refractivity contribution is 5.81. The summed E-state index contributed by atoms with van der Waals surface area (Å²) in [6.45, 7) is 5.48. The van der Waals surface area contributed by atoms with Crippen LogP contribution in [0.2, 0.25) is 0 Å². The third-order valence-corrected chi connectivity index (χ3v) is 6.17. The van der Waals surface area contributed by atoms with E-state index in [1.807, 2.05) is 73.0 Å². The summed E-state index contributed by atoms with van der Waals surface area (Å²) in [6.07, 6.45) is 0.675. The van der Waals surface area contributed by atoms with E-state index in [1.165, 1.54) is 12.1 Å². The molecule has 0 aliphatic heterocycles. The molecule has 1 aromatic heterocycles. The van der Waals surface area contributed by atoms with Crippen molar-refractivity contribution < 1.29 is 13.9 Å². The number of methoxy groups -OCH3 is 1. The number of nitrogens with one attached hydrogen (secondary N) is 1. The van der Waals surface area contributed by atoms with Gasteiger partial charge in [0.2, 0.25) is 0 Å². The molecule has 0 bridgehead atoms. The fourth-order valence-corrected chi connectivity index (χ4v) is 3.88. The topological polar surface area (TPSA) is 52.5 Å². The average Bonchev–Trinajstić information content (AvgIpc) is 2.86. The molecule has 0 saturated heterocycles. The summed E-state index contributed by atoms with van der Waals surface area (Å²) in [4.78, 5) is 13.5. The summed E-state index contributed by atoms with van der Waals surface area (Å²) in [7, 11) is 1.68. The molecule has 4 rings (SSSR count). The highest BCUT2D eigenvalue weighted by Gasteiger charge is 2.18. The SMILES string of the molecule is COC(C)(C)CCn1c(=O)c(CNCc2ccc(F)cc2)cc2ccc(Oc3ccccc3)cc21. The normalized spacial score (nSPS) is 11.7. The van der Waals surface area contributed by atoms with Crippen LogP contribution >= 0.6 is 0 Å². The van der Waals surface area contributed by atoms with E-state index in [-0.39, 0.29) is 17.0 Å². The minimum atomic E-state index is -0.360. The molecule has 0 radical (unpaired) electrons. The van der Waals surface area contributed by atoms with Crippen LogP contribution in [0.1, 0.15) is 31.4 Å². The first-order valence-corrected chi connectivity index (χ1v) is 11.7. The van der Waals surface area contributed by atoms with Crippen molar-refractivity contribution in [2.75, 3.05) is 7.11 Å².